The molecule has 0 unspecified atom stereocenters. The molecule has 9 aromatic carbocycles. The Morgan fingerprint density at radius 1 is 0.570 bits per heavy atom. The summed E-state index contributed by atoms with van der Waals surface area (Å²) in [6, 6.07) is 52.2. The fraction of sp³-hybridized carbons (Fsp3) is 0.222. The van der Waals surface area contributed by atoms with Crippen molar-refractivity contribution in [2.24, 2.45) is 20.5 Å². The number of para-hydroxylation sites is 2. The summed E-state index contributed by atoms with van der Waals surface area (Å²) < 4.78 is 15.1. The number of likely N-dealkylation sites (N-methyl/N-ethyl adjacent to an activating group) is 2. The van der Waals surface area contributed by atoms with E-state index in [1.807, 2.05) is 78.9 Å². The van der Waals surface area contributed by atoms with Crippen LogP contribution in [-0.4, -0.2) is 57.2 Å². The number of esters is 1. The second-order valence-electron chi connectivity index (χ2n) is 22.4. The van der Waals surface area contributed by atoms with Crippen LogP contribution in [0.15, 0.2) is 202 Å². The number of carbonyl (C=O) groups is 1. The van der Waals surface area contributed by atoms with E-state index >= 15 is 0 Å². The molecule has 0 atom stereocenters. The molecule has 0 bridgehead atoms. The van der Waals surface area contributed by atoms with Crippen LogP contribution in [0.2, 0.25) is 0 Å². The number of aromatic hydroxyl groups is 4. The summed E-state index contributed by atoms with van der Waals surface area (Å²) in [4.78, 5) is 16.0. The number of rotatable bonds is 11. The first-order chi connectivity index (χ1) is 40.9. The van der Waals surface area contributed by atoms with Gasteiger partial charge in [0.05, 0.1) is 23.8 Å². The number of hydrogen-bond donors (Lipinski definition) is 4. The number of ether oxygens (including phenoxy) is 2. The number of nitrogens with zero attached hydrogens (tertiary/aromatic N) is 6. The van der Waals surface area contributed by atoms with E-state index in [4.69, 9.17) is 9.47 Å². The smallest absolute Gasteiger partial charge is 0.338 e. The minimum absolute atomic E-state index is 0. The van der Waals surface area contributed by atoms with Crippen molar-refractivity contribution in [1.82, 2.24) is 4.58 Å². The molecule has 0 saturated carbocycles. The van der Waals surface area contributed by atoms with Gasteiger partial charge in [0.2, 0.25) is 5.36 Å². The van der Waals surface area contributed by atoms with Crippen molar-refractivity contribution >= 4 is 72.7 Å². The third kappa shape index (κ3) is 12.4. The maximum atomic E-state index is 13.6. The summed E-state index contributed by atoms with van der Waals surface area (Å²) in [5.74, 6) is 1.54. The zero-order chi connectivity index (χ0) is 60.2. The Hall–Kier alpha value is -9.37. The number of allylic oxidation sites excluding steroid dienone is 2. The zero-order valence-electron chi connectivity index (χ0n) is 49.9. The van der Waals surface area contributed by atoms with Crippen molar-refractivity contribution in [1.29, 1.82) is 0 Å². The molecule has 0 aromatic heterocycles. The predicted octanol–water partition coefficient (Wildman–Crippen LogP) is 17.1. The standard InChI is InChI=1S/C40H47N2O3.2C16H12N2O2.Co/c1-10-13-18-44-38(43)28-17-15-14-16-27(28)37-31-19-29-25(4)23-39(6,7)41(11-2)33(29)21-35(31)45-36-22-34-30(20-32(36)37)26(5)24-40(8,9)42(34)12-3;2*19-14-8-4-3-7-13(14)17-18-16-12-6-2-1-5-11(12)9-10-15(16)20;/h14-17,19-24H,10-13,18H2,1-9H3;2*1-10,19-20H;/q+1;;;. The van der Waals surface area contributed by atoms with E-state index < -0.39 is 0 Å². The number of hydrogen-bond acceptors (Lipinski definition) is 12. The van der Waals surface area contributed by atoms with E-state index in [9.17, 15) is 25.2 Å². The molecule has 0 amide bonds. The zero-order valence-corrected chi connectivity index (χ0v) is 50.9. The monoisotopic (exact) mass is 1190 g/mol. The quantitative estimate of drug-likeness (QED) is 0.0429. The molecule has 0 spiro atoms. The van der Waals surface area contributed by atoms with Crippen molar-refractivity contribution in [3.63, 3.8) is 0 Å². The van der Waals surface area contributed by atoms with Crippen LogP contribution in [0.4, 0.5) is 28.4 Å². The number of anilines is 1. The summed E-state index contributed by atoms with van der Waals surface area (Å²) in [6.45, 7) is 22.1. The van der Waals surface area contributed by atoms with Crippen molar-refractivity contribution < 1.29 is 51.5 Å². The summed E-state index contributed by atoms with van der Waals surface area (Å²) in [5, 5.41) is 61.1. The number of fused-ring (bicyclic) bond motifs is 6. The molecular weight excluding hydrogens is 1120 g/mol. The predicted molar refractivity (Wildman–Crippen MR) is 342 cm³/mol. The first-order valence-electron chi connectivity index (χ1n) is 28.9. The van der Waals surface area contributed by atoms with Crippen LogP contribution < -0.4 is 24.8 Å². The minimum Gasteiger partial charge on any atom is -0.506 e. The Bertz CT molecular complexity index is 4200. The van der Waals surface area contributed by atoms with E-state index in [2.05, 4.69) is 135 Å². The van der Waals surface area contributed by atoms with Crippen LogP contribution in [0.1, 0.15) is 108 Å². The van der Waals surface area contributed by atoms with Crippen molar-refractivity contribution in [3.05, 3.63) is 220 Å². The molecule has 3 aliphatic heterocycles. The third-order valence-electron chi connectivity index (χ3n) is 15.7. The van der Waals surface area contributed by atoms with Gasteiger partial charge in [-0.25, -0.2) is 9.37 Å². The molecule has 1 radical (unpaired) electrons. The molecule has 13 nitrogen and oxygen atoms in total. The van der Waals surface area contributed by atoms with E-state index in [0.29, 0.717) is 34.9 Å². The van der Waals surface area contributed by atoms with Crippen LogP contribution in [0.5, 0.6) is 34.5 Å². The fourth-order valence-electron chi connectivity index (χ4n) is 11.7. The Balaban J connectivity index is 0.000000177. The van der Waals surface area contributed by atoms with Gasteiger partial charge in [-0.1, -0.05) is 123 Å². The van der Waals surface area contributed by atoms with Gasteiger partial charge >= 0.3 is 5.97 Å². The minimum atomic E-state index is -0.290. The van der Waals surface area contributed by atoms with Crippen molar-refractivity contribution in [2.45, 2.75) is 86.2 Å². The van der Waals surface area contributed by atoms with E-state index in [-0.39, 0.29) is 56.8 Å². The van der Waals surface area contributed by atoms with Gasteiger partial charge in [0.1, 0.15) is 63.8 Å². The summed E-state index contributed by atoms with van der Waals surface area (Å²) in [6.07, 6.45) is 6.52. The fourth-order valence-corrected chi connectivity index (χ4v) is 11.7. The Labute approximate surface area is 512 Å². The van der Waals surface area contributed by atoms with Crippen LogP contribution >= 0.6 is 0 Å². The molecule has 9 aromatic rings. The molecule has 0 saturated heterocycles. The van der Waals surface area contributed by atoms with Gasteiger partial charge < -0.3 is 34.8 Å². The van der Waals surface area contributed by atoms with Gasteiger partial charge in [-0.3, -0.25) is 0 Å². The van der Waals surface area contributed by atoms with Crippen LogP contribution in [0.25, 0.3) is 38.3 Å². The molecule has 86 heavy (non-hydrogen) atoms. The average molecular weight is 1190 g/mol. The molecular formula is C72H71CoN6O7+. The molecule has 4 N–H and O–H groups in total. The molecule has 12 rings (SSSR count). The topological polar surface area (TPSA) is 172 Å². The normalized spacial score (nSPS) is 14.3. The summed E-state index contributed by atoms with van der Waals surface area (Å²) in [7, 11) is 0. The Kier molecular flexibility index (Phi) is 18.4. The summed E-state index contributed by atoms with van der Waals surface area (Å²) in [5.41, 5.74) is 10.7. The number of unbranched alkanes of at least 4 members (excludes halogenated alkanes) is 1. The second-order valence-corrected chi connectivity index (χ2v) is 22.4. The van der Waals surface area contributed by atoms with Crippen LogP contribution in [-0.2, 0) is 21.5 Å². The van der Waals surface area contributed by atoms with Crippen molar-refractivity contribution in [2.75, 3.05) is 24.6 Å². The second kappa shape index (κ2) is 25.9. The molecule has 3 aliphatic rings. The van der Waals surface area contributed by atoms with Gasteiger partial charge in [0, 0.05) is 87.2 Å². The number of carbonyl (C=O) groups excluding carboxylic acids is 1. The maximum Gasteiger partial charge on any atom is 0.338 e. The molecule has 14 heteroatoms. The Morgan fingerprint density at radius 2 is 1.12 bits per heavy atom. The summed E-state index contributed by atoms with van der Waals surface area (Å²) >= 11 is 0. The molecule has 439 valence electrons. The van der Waals surface area contributed by atoms with E-state index in [1.165, 1.54) is 45.5 Å². The van der Waals surface area contributed by atoms with E-state index in [1.54, 1.807) is 48.5 Å². The number of phenols is 4. The van der Waals surface area contributed by atoms with Crippen molar-refractivity contribution in [3.8, 4) is 34.5 Å². The van der Waals surface area contributed by atoms with E-state index in [0.717, 1.165) is 80.9 Å². The Morgan fingerprint density at radius 3 is 1.69 bits per heavy atom. The van der Waals surface area contributed by atoms with Crippen LogP contribution in [0, 0.1) is 0 Å². The van der Waals surface area contributed by atoms with Gasteiger partial charge in [0.25, 0.3) is 0 Å². The average Bonchev–Trinajstić information content (AvgIpc) is 0.754. The van der Waals surface area contributed by atoms with Gasteiger partial charge in [-0.05, 0) is 136 Å². The van der Waals surface area contributed by atoms with Gasteiger partial charge in [-0.15, -0.1) is 20.5 Å². The largest absolute Gasteiger partial charge is 0.506 e. The van der Waals surface area contributed by atoms with Gasteiger partial charge in [0.15, 0.2) is 5.54 Å². The SMILES string of the molecule is CCCCOC(=O)c1ccccc1C1=c2cc3c(cc2Oc2cc4c(cc21)C(C)=CC(C)(C)N4CC)=[N+](CC)C(C)(C)C=C3C.Oc1ccccc1N=Nc1c(O)ccc2ccccc12.Oc1ccccc1N=Nc1c(O)ccc2ccccc12.[Co]. The first-order valence-corrected chi connectivity index (χ1v) is 28.9. The number of azo groups is 2. The third-order valence-corrected chi connectivity index (χ3v) is 15.7. The number of benzene rings is 9. The maximum absolute atomic E-state index is 13.6. The number of phenolic OH excluding ortho intramolecular Hbond substituents is 4. The molecule has 0 aliphatic carbocycles. The van der Waals surface area contributed by atoms with Crippen LogP contribution in [0.3, 0.4) is 0 Å². The molecule has 3 heterocycles. The molecule has 0 fully saturated rings. The first kappa shape index (κ1) is 61.2. The van der Waals surface area contributed by atoms with Gasteiger partial charge in [-0.2, -0.15) is 0 Å².